The van der Waals surface area contributed by atoms with E-state index in [9.17, 15) is 28.1 Å². The minimum absolute atomic E-state index is 0.262. The van der Waals surface area contributed by atoms with Gasteiger partial charge in [0.05, 0.1) is 9.82 Å². The van der Waals surface area contributed by atoms with Gasteiger partial charge in [0.25, 0.3) is 5.69 Å². The fraction of sp³-hybridized carbons (Fsp3) is 0.176. The molecule has 0 radical (unpaired) electrons. The topological polar surface area (TPSA) is 121 Å². The summed E-state index contributed by atoms with van der Waals surface area (Å²) in [7, 11) is -4.12. The Hall–Kier alpha value is -2.78. The first-order valence-corrected chi connectivity index (χ1v) is 9.49. The van der Waals surface area contributed by atoms with Gasteiger partial charge in [-0.15, -0.1) is 0 Å². The zero-order valence-corrected chi connectivity index (χ0v) is 15.6. The molecule has 142 valence electrons. The van der Waals surface area contributed by atoms with Crippen LogP contribution in [0, 0.1) is 10.1 Å². The third-order valence-electron chi connectivity index (χ3n) is 3.69. The van der Waals surface area contributed by atoms with E-state index in [2.05, 4.69) is 0 Å². The lowest BCUT2D eigenvalue weighted by atomic mass is 10.1. The Kier molecular flexibility index (Phi) is 6.29. The second-order valence-corrected chi connectivity index (χ2v) is 8.18. The third kappa shape index (κ3) is 4.89. The van der Waals surface area contributed by atoms with Gasteiger partial charge in [0.15, 0.2) is 27.5 Å². The second kappa shape index (κ2) is 8.28. The van der Waals surface area contributed by atoms with Crippen LogP contribution in [0.5, 0.6) is 0 Å². The maximum atomic E-state index is 12.4. The van der Waals surface area contributed by atoms with E-state index in [1.807, 2.05) is 0 Å². The summed E-state index contributed by atoms with van der Waals surface area (Å²) in [6.45, 7) is 0.492. The summed E-state index contributed by atoms with van der Waals surface area (Å²) in [5.74, 6) is -1.62. The Bertz CT molecular complexity index is 969. The van der Waals surface area contributed by atoms with Crippen LogP contribution in [-0.4, -0.2) is 37.0 Å². The lowest BCUT2D eigenvalue weighted by Crippen LogP contribution is -2.30. The summed E-state index contributed by atoms with van der Waals surface area (Å²) in [6.07, 6.45) is 0. The van der Waals surface area contributed by atoms with E-state index in [1.165, 1.54) is 24.3 Å². The maximum absolute atomic E-state index is 12.4. The molecule has 0 bridgehead atoms. The number of Topliss-reactive ketones (excluding diaryl/α,β-unsaturated/α-hetero) is 1. The van der Waals surface area contributed by atoms with E-state index in [4.69, 9.17) is 16.3 Å². The van der Waals surface area contributed by atoms with Crippen LogP contribution in [0.25, 0.3) is 0 Å². The Balaban J connectivity index is 2.05. The number of hydrogen-bond acceptors (Lipinski definition) is 7. The van der Waals surface area contributed by atoms with Crippen molar-refractivity contribution in [3.8, 4) is 0 Å². The van der Waals surface area contributed by atoms with Gasteiger partial charge in [0, 0.05) is 22.7 Å². The molecule has 0 spiro atoms. The van der Waals surface area contributed by atoms with Gasteiger partial charge in [-0.05, 0) is 43.3 Å². The highest BCUT2D eigenvalue weighted by Gasteiger charge is 2.32. The van der Waals surface area contributed by atoms with Gasteiger partial charge in [0.1, 0.15) is 0 Å². The van der Waals surface area contributed by atoms with Crippen molar-refractivity contribution in [2.24, 2.45) is 0 Å². The summed E-state index contributed by atoms with van der Waals surface area (Å²) >= 11 is 5.72. The van der Waals surface area contributed by atoms with Crippen LogP contribution >= 0.6 is 11.6 Å². The number of ketones is 1. The number of nitrogens with zero attached hydrogens (tertiary/aromatic N) is 1. The zero-order chi connectivity index (χ0) is 20.2. The Morgan fingerprint density at radius 3 is 2.19 bits per heavy atom. The molecule has 1 atom stereocenters. The van der Waals surface area contributed by atoms with E-state index in [1.54, 1.807) is 0 Å². The molecule has 0 fully saturated rings. The molecule has 0 saturated heterocycles. The lowest BCUT2D eigenvalue weighted by Gasteiger charge is -2.12. The minimum atomic E-state index is -4.12. The highest BCUT2D eigenvalue weighted by Crippen LogP contribution is 2.20. The monoisotopic (exact) mass is 411 g/mol. The Morgan fingerprint density at radius 2 is 1.67 bits per heavy atom. The molecule has 0 saturated carbocycles. The molecule has 0 aliphatic carbocycles. The first-order valence-electron chi connectivity index (χ1n) is 7.56. The highest BCUT2D eigenvalue weighted by atomic mass is 35.5. The number of rotatable bonds is 7. The summed E-state index contributed by atoms with van der Waals surface area (Å²) in [6, 6.07) is 10.0. The first-order chi connectivity index (χ1) is 12.6. The molecule has 0 amide bonds. The molecule has 8 nitrogen and oxygen atoms in total. The van der Waals surface area contributed by atoms with Crippen molar-refractivity contribution in [2.75, 3.05) is 6.61 Å². The van der Waals surface area contributed by atoms with Crippen molar-refractivity contribution >= 4 is 38.9 Å². The number of nitro benzene ring substituents is 1. The highest BCUT2D eigenvalue weighted by molar-refractivity contribution is 7.92. The predicted octanol–water partition coefficient (Wildman–Crippen LogP) is 2.84. The first kappa shape index (κ1) is 20.5. The molecule has 27 heavy (non-hydrogen) atoms. The van der Waals surface area contributed by atoms with Gasteiger partial charge in [-0.1, -0.05) is 11.6 Å². The molecule has 0 heterocycles. The van der Waals surface area contributed by atoms with Crippen molar-refractivity contribution in [1.82, 2.24) is 0 Å². The normalized spacial score (nSPS) is 12.2. The number of benzene rings is 2. The Labute approximate surface area is 159 Å². The quantitative estimate of drug-likeness (QED) is 0.297. The van der Waals surface area contributed by atoms with Crippen molar-refractivity contribution in [2.45, 2.75) is 17.1 Å². The van der Waals surface area contributed by atoms with Crippen LogP contribution in [0.3, 0.4) is 0 Å². The molecule has 0 N–H and O–H groups in total. The molecule has 2 aromatic carbocycles. The predicted molar refractivity (Wildman–Crippen MR) is 96.5 cm³/mol. The number of carbonyl (C=O) groups is 2. The molecule has 0 unspecified atom stereocenters. The van der Waals surface area contributed by atoms with Crippen molar-refractivity contribution < 1.29 is 27.7 Å². The van der Waals surface area contributed by atoms with Gasteiger partial charge in [-0.3, -0.25) is 19.7 Å². The smallest absolute Gasteiger partial charge is 0.324 e. The molecule has 2 rings (SSSR count). The van der Waals surface area contributed by atoms with Crippen molar-refractivity contribution in [3.05, 3.63) is 69.2 Å². The van der Waals surface area contributed by atoms with Gasteiger partial charge in [-0.25, -0.2) is 8.42 Å². The third-order valence-corrected chi connectivity index (χ3v) is 5.99. The van der Waals surface area contributed by atoms with Gasteiger partial charge < -0.3 is 4.74 Å². The van der Waals surface area contributed by atoms with Crippen LogP contribution in [0.15, 0.2) is 53.4 Å². The number of non-ortho nitro benzene ring substituents is 1. The number of halogens is 1. The number of ether oxygens (including phenoxy) is 1. The SMILES string of the molecule is C[C@H](C(=O)OCC(=O)c1ccc(Cl)cc1)S(=O)(=O)c1ccc([N+](=O)[O-])cc1. The zero-order valence-electron chi connectivity index (χ0n) is 14.0. The molecule has 0 aliphatic rings. The summed E-state index contributed by atoms with van der Waals surface area (Å²) in [5.41, 5.74) is -0.0178. The second-order valence-electron chi connectivity index (χ2n) is 5.48. The van der Waals surface area contributed by atoms with E-state index >= 15 is 0 Å². The number of nitro groups is 1. The van der Waals surface area contributed by atoms with Gasteiger partial charge in [-0.2, -0.15) is 0 Å². The number of esters is 1. The van der Waals surface area contributed by atoms with E-state index < -0.39 is 38.4 Å². The Morgan fingerprint density at radius 1 is 1.11 bits per heavy atom. The molecule has 10 heteroatoms. The summed E-state index contributed by atoms with van der Waals surface area (Å²) in [5, 5.41) is 9.48. The molecule has 2 aromatic rings. The lowest BCUT2D eigenvalue weighted by molar-refractivity contribution is -0.384. The van der Waals surface area contributed by atoms with Crippen molar-refractivity contribution in [3.63, 3.8) is 0 Å². The standard InChI is InChI=1S/C17H14ClNO7S/c1-11(27(24,25)15-8-6-14(7-9-15)19(22)23)17(21)26-10-16(20)12-2-4-13(18)5-3-12/h2-9,11H,10H2,1H3/t11-/m1/s1. The van der Waals surface area contributed by atoms with Crippen LogP contribution in [0.2, 0.25) is 5.02 Å². The molecule has 0 aliphatic heterocycles. The van der Waals surface area contributed by atoms with E-state index in [-0.39, 0.29) is 16.1 Å². The van der Waals surface area contributed by atoms with E-state index in [0.29, 0.717) is 5.02 Å². The van der Waals surface area contributed by atoms with Gasteiger partial charge >= 0.3 is 5.97 Å². The average molecular weight is 412 g/mol. The fourth-order valence-corrected chi connectivity index (χ4v) is 3.43. The van der Waals surface area contributed by atoms with Crippen LogP contribution in [0.1, 0.15) is 17.3 Å². The fourth-order valence-electron chi connectivity index (χ4n) is 2.06. The van der Waals surface area contributed by atoms with Gasteiger partial charge in [0.2, 0.25) is 0 Å². The van der Waals surface area contributed by atoms with E-state index in [0.717, 1.165) is 31.2 Å². The maximum Gasteiger partial charge on any atom is 0.324 e. The number of hydrogen-bond donors (Lipinski definition) is 0. The number of sulfone groups is 1. The number of carbonyl (C=O) groups excluding carboxylic acids is 2. The largest absolute Gasteiger partial charge is 0.456 e. The molecular formula is C17H14ClNO7S. The average Bonchev–Trinajstić information content (AvgIpc) is 2.65. The van der Waals surface area contributed by atoms with Crippen LogP contribution in [0.4, 0.5) is 5.69 Å². The summed E-state index contributed by atoms with van der Waals surface area (Å²) in [4.78, 5) is 33.7. The van der Waals surface area contributed by atoms with Crippen molar-refractivity contribution in [1.29, 1.82) is 0 Å². The summed E-state index contributed by atoms with van der Waals surface area (Å²) < 4.78 is 29.7. The minimum Gasteiger partial charge on any atom is -0.456 e. The van der Waals surface area contributed by atoms with Crippen LogP contribution < -0.4 is 0 Å². The van der Waals surface area contributed by atoms with Crippen LogP contribution in [-0.2, 0) is 19.4 Å². The molecule has 0 aromatic heterocycles. The molecular weight excluding hydrogens is 398 g/mol.